The second kappa shape index (κ2) is 7.55. The fourth-order valence-corrected chi connectivity index (χ4v) is 3.06. The second-order valence-corrected chi connectivity index (χ2v) is 6.99. The third-order valence-electron chi connectivity index (χ3n) is 3.18. The first kappa shape index (κ1) is 16.6. The van der Waals surface area contributed by atoms with Crippen molar-refractivity contribution in [1.82, 2.24) is 10.2 Å². The molecular formula is C17H14BrN3O2S. The number of aromatic nitrogens is 2. The van der Waals surface area contributed by atoms with E-state index in [-0.39, 0.29) is 5.91 Å². The van der Waals surface area contributed by atoms with Crippen molar-refractivity contribution in [2.45, 2.75) is 13.0 Å². The molecule has 0 fully saturated rings. The van der Waals surface area contributed by atoms with E-state index in [0.29, 0.717) is 10.9 Å². The first-order valence-electron chi connectivity index (χ1n) is 7.20. The number of aryl methyl sites for hydroxylation is 1. The van der Waals surface area contributed by atoms with Gasteiger partial charge in [-0.2, -0.15) is 0 Å². The van der Waals surface area contributed by atoms with Crippen LogP contribution in [0.3, 0.4) is 0 Å². The lowest BCUT2D eigenvalue weighted by Crippen LogP contribution is -2.25. The Bertz CT molecular complexity index is 839. The van der Waals surface area contributed by atoms with Gasteiger partial charge in [0.1, 0.15) is 10.8 Å². The van der Waals surface area contributed by atoms with E-state index in [9.17, 15) is 4.79 Å². The molecule has 0 saturated carbocycles. The minimum atomic E-state index is -0.797. The smallest absolute Gasteiger partial charge is 0.272 e. The van der Waals surface area contributed by atoms with E-state index in [2.05, 4.69) is 31.4 Å². The zero-order valence-corrected chi connectivity index (χ0v) is 15.2. The highest BCUT2D eigenvalue weighted by Gasteiger charge is 2.24. The van der Waals surface area contributed by atoms with E-state index >= 15 is 0 Å². The first-order chi connectivity index (χ1) is 11.6. The number of hydrogen-bond acceptors (Lipinski definition) is 5. The molecule has 1 N–H and O–H groups in total. The number of carbonyl (C=O) groups is 1. The zero-order chi connectivity index (χ0) is 16.9. The zero-order valence-electron chi connectivity index (χ0n) is 12.8. The molecule has 0 aliphatic heterocycles. The van der Waals surface area contributed by atoms with E-state index in [0.717, 1.165) is 15.0 Å². The van der Waals surface area contributed by atoms with E-state index in [4.69, 9.17) is 4.74 Å². The fraction of sp³-hybridized carbons (Fsp3) is 0.118. The Balaban J connectivity index is 1.87. The Hall–Kier alpha value is -2.25. The van der Waals surface area contributed by atoms with Gasteiger partial charge >= 0.3 is 0 Å². The summed E-state index contributed by atoms with van der Waals surface area (Å²) in [5.41, 5.74) is 0.756. The van der Waals surface area contributed by atoms with Gasteiger partial charge in [0.2, 0.25) is 11.2 Å². The number of hydrogen-bond donors (Lipinski definition) is 1. The normalized spacial score (nSPS) is 11.8. The number of nitrogens with one attached hydrogen (secondary N) is 1. The summed E-state index contributed by atoms with van der Waals surface area (Å²) >= 11 is 4.76. The Morgan fingerprint density at radius 2 is 1.83 bits per heavy atom. The number of ether oxygens (including phenoxy) is 1. The minimum absolute atomic E-state index is 0.298. The monoisotopic (exact) mass is 403 g/mol. The summed E-state index contributed by atoms with van der Waals surface area (Å²) in [6, 6.07) is 16.8. The average molecular weight is 404 g/mol. The molecule has 3 rings (SSSR count). The van der Waals surface area contributed by atoms with Crippen molar-refractivity contribution >= 4 is 38.3 Å². The maximum Gasteiger partial charge on any atom is 0.272 e. The lowest BCUT2D eigenvalue weighted by atomic mass is 10.1. The topological polar surface area (TPSA) is 64.1 Å². The van der Waals surface area contributed by atoms with Gasteiger partial charge in [-0.15, -0.1) is 10.2 Å². The summed E-state index contributed by atoms with van der Waals surface area (Å²) < 4.78 is 6.75. The third-order valence-corrected chi connectivity index (χ3v) is 4.59. The molecule has 1 amide bonds. The lowest BCUT2D eigenvalue weighted by Gasteiger charge is -2.19. The average Bonchev–Trinajstić information content (AvgIpc) is 2.99. The summed E-state index contributed by atoms with van der Waals surface area (Å²) in [5.74, 6) is 0.294. The van der Waals surface area contributed by atoms with Crippen molar-refractivity contribution in [1.29, 1.82) is 0 Å². The predicted molar refractivity (Wildman–Crippen MR) is 97.2 cm³/mol. The number of anilines is 1. The number of halogens is 1. The van der Waals surface area contributed by atoms with E-state index in [1.54, 1.807) is 0 Å². The molecule has 5 nitrogen and oxygen atoms in total. The first-order valence-corrected chi connectivity index (χ1v) is 8.81. The highest BCUT2D eigenvalue weighted by Crippen LogP contribution is 2.30. The van der Waals surface area contributed by atoms with Gasteiger partial charge < -0.3 is 4.74 Å². The highest BCUT2D eigenvalue weighted by molar-refractivity contribution is 9.10. The summed E-state index contributed by atoms with van der Waals surface area (Å²) in [7, 11) is 0. The van der Waals surface area contributed by atoms with Crippen molar-refractivity contribution in [2.24, 2.45) is 0 Å². The molecule has 2 aromatic carbocycles. The van der Waals surface area contributed by atoms with Crippen LogP contribution >= 0.6 is 27.3 Å². The van der Waals surface area contributed by atoms with E-state index in [1.165, 1.54) is 11.3 Å². The Kier molecular flexibility index (Phi) is 5.22. The van der Waals surface area contributed by atoms with Gasteiger partial charge in [-0.1, -0.05) is 53.8 Å². The number of carbonyl (C=O) groups excluding carboxylic acids is 1. The van der Waals surface area contributed by atoms with Crippen LogP contribution in [0.2, 0.25) is 0 Å². The van der Waals surface area contributed by atoms with E-state index < -0.39 is 6.10 Å². The molecule has 7 heteroatoms. The predicted octanol–water partition coefficient (Wildman–Crippen LogP) is 4.37. The summed E-state index contributed by atoms with van der Waals surface area (Å²) in [6.07, 6.45) is -0.797. The number of para-hydroxylation sites is 1. The molecule has 0 spiro atoms. The molecule has 0 unspecified atom stereocenters. The van der Waals surface area contributed by atoms with Crippen molar-refractivity contribution in [3.63, 3.8) is 0 Å². The van der Waals surface area contributed by atoms with Crippen molar-refractivity contribution in [2.75, 3.05) is 5.32 Å². The van der Waals surface area contributed by atoms with Crippen molar-refractivity contribution in [3.8, 4) is 5.75 Å². The summed E-state index contributed by atoms with van der Waals surface area (Å²) in [6.45, 7) is 1.83. The molecule has 1 aromatic heterocycles. The fourth-order valence-electron chi connectivity index (χ4n) is 2.09. The van der Waals surface area contributed by atoms with Crippen molar-refractivity contribution in [3.05, 3.63) is 69.6 Å². The van der Waals surface area contributed by atoms with Gasteiger partial charge in [-0.05, 0) is 35.0 Å². The molecule has 0 saturated heterocycles. The Labute approximate surface area is 151 Å². The van der Waals surface area contributed by atoms with Crippen LogP contribution in [0, 0.1) is 6.92 Å². The van der Waals surface area contributed by atoms with Crippen molar-refractivity contribution < 1.29 is 9.53 Å². The van der Waals surface area contributed by atoms with E-state index in [1.807, 2.05) is 61.5 Å². The lowest BCUT2D eigenvalue weighted by molar-refractivity contribution is -0.123. The van der Waals surface area contributed by atoms with Crippen LogP contribution in [0.4, 0.5) is 5.13 Å². The van der Waals surface area contributed by atoms with Gasteiger partial charge in [-0.25, -0.2) is 0 Å². The van der Waals surface area contributed by atoms with Gasteiger partial charge in [-0.3, -0.25) is 10.1 Å². The standard InChI is InChI=1S/C17H14BrN3O2S/c1-11-20-21-17(24-11)19-16(22)15(12-7-3-2-4-8-12)23-14-10-6-5-9-13(14)18/h2-10,15H,1H3,(H,19,21,22)/t15-/m1/s1. The molecule has 1 atom stereocenters. The summed E-state index contributed by atoms with van der Waals surface area (Å²) in [5, 5.41) is 11.8. The molecule has 122 valence electrons. The number of rotatable bonds is 5. The molecule has 0 aliphatic carbocycles. The third kappa shape index (κ3) is 3.98. The Morgan fingerprint density at radius 1 is 1.12 bits per heavy atom. The van der Waals surface area contributed by atoms with Crippen LogP contribution in [0.1, 0.15) is 16.7 Å². The van der Waals surface area contributed by atoms with Gasteiger partial charge in [0.25, 0.3) is 5.91 Å². The second-order valence-electron chi connectivity index (χ2n) is 4.95. The summed E-state index contributed by atoms with van der Waals surface area (Å²) in [4.78, 5) is 12.7. The van der Waals surface area contributed by atoms with Crippen LogP contribution in [-0.4, -0.2) is 16.1 Å². The maximum atomic E-state index is 12.7. The molecule has 0 radical (unpaired) electrons. The van der Waals surface area contributed by atoms with Gasteiger partial charge in [0, 0.05) is 5.56 Å². The SMILES string of the molecule is Cc1nnc(NC(=O)[C@H](Oc2ccccc2Br)c2ccccc2)s1. The maximum absolute atomic E-state index is 12.7. The van der Waals surface area contributed by atoms with Crippen LogP contribution in [0.5, 0.6) is 5.75 Å². The molecular weight excluding hydrogens is 390 g/mol. The van der Waals surface area contributed by atoms with Crippen LogP contribution in [-0.2, 0) is 4.79 Å². The quantitative estimate of drug-likeness (QED) is 0.686. The molecule has 3 aromatic rings. The van der Waals surface area contributed by atoms with Crippen LogP contribution in [0.25, 0.3) is 0 Å². The largest absolute Gasteiger partial charge is 0.475 e. The number of amides is 1. The number of nitrogens with zero attached hydrogens (tertiary/aromatic N) is 2. The van der Waals surface area contributed by atoms with Gasteiger partial charge in [0.15, 0.2) is 0 Å². The Morgan fingerprint density at radius 3 is 2.50 bits per heavy atom. The van der Waals surface area contributed by atoms with Crippen LogP contribution < -0.4 is 10.1 Å². The molecule has 24 heavy (non-hydrogen) atoms. The molecule has 0 aliphatic rings. The molecule has 1 heterocycles. The van der Waals surface area contributed by atoms with Gasteiger partial charge in [0.05, 0.1) is 4.47 Å². The number of benzene rings is 2. The highest BCUT2D eigenvalue weighted by atomic mass is 79.9. The minimum Gasteiger partial charge on any atom is -0.475 e. The van der Waals surface area contributed by atoms with Crippen LogP contribution in [0.15, 0.2) is 59.1 Å². The molecule has 0 bridgehead atoms.